The maximum Gasteiger partial charge on any atom is 0.127 e. The molecule has 1 atom stereocenters. The van der Waals surface area contributed by atoms with E-state index in [1.165, 1.54) is 0 Å². The minimum atomic E-state index is 0.0146. The second kappa shape index (κ2) is 5.80. The molecule has 1 aromatic carbocycles. The van der Waals surface area contributed by atoms with Crippen LogP contribution in [0, 0.1) is 6.92 Å². The van der Waals surface area contributed by atoms with Gasteiger partial charge < -0.3 is 19.8 Å². The zero-order valence-electron chi connectivity index (χ0n) is 11.6. The molecule has 0 fully saturated rings. The zero-order chi connectivity index (χ0) is 13.8. The lowest BCUT2D eigenvalue weighted by Crippen LogP contribution is -2.30. The van der Waals surface area contributed by atoms with Crippen LogP contribution < -0.4 is 15.4 Å². The van der Waals surface area contributed by atoms with Crippen molar-refractivity contribution < 1.29 is 9.15 Å². The van der Waals surface area contributed by atoms with Crippen molar-refractivity contribution in [3.8, 4) is 5.75 Å². The standard InChI is InChI=1S/C15H20N2O2/c1-11-7-8-15(19-11)14(10-16)17(2)12-5-4-6-13(9-12)18-3/h4-9,14H,10,16H2,1-3H3. The topological polar surface area (TPSA) is 51.6 Å². The summed E-state index contributed by atoms with van der Waals surface area (Å²) in [6, 6.07) is 11.8. The first-order valence-electron chi connectivity index (χ1n) is 6.29. The summed E-state index contributed by atoms with van der Waals surface area (Å²) in [5.74, 6) is 2.61. The Bertz CT molecular complexity index is 536. The number of aryl methyl sites for hydroxylation is 1. The lowest BCUT2D eigenvalue weighted by Gasteiger charge is -2.27. The van der Waals surface area contributed by atoms with Gasteiger partial charge in [-0.25, -0.2) is 0 Å². The third-order valence-electron chi connectivity index (χ3n) is 3.24. The molecule has 0 aliphatic carbocycles. The second-order valence-electron chi connectivity index (χ2n) is 4.51. The molecule has 1 unspecified atom stereocenters. The Morgan fingerprint density at radius 1 is 1.32 bits per heavy atom. The zero-order valence-corrected chi connectivity index (χ0v) is 11.6. The van der Waals surface area contributed by atoms with Gasteiger partial charge in [0.25, 0.3) is 0 Å². The highest BCUT2D eigenvalue weighted by Crippen LogP contribution is 2.28. The first-order valence-corrected chi connectivity index (χ1v) is 6.29. The number of methoxy groups -OCH3 is 1. The van der Waals surface area contributed by atoms with E-state index in [-0.39, 0.29) is 6.04 Å². The molecular weight excluding hydrogens is 240 g/mol. The Kier molecular flexibility index (Phi) is 4.12. The molecule has 0 bridgehead atoms. The average Bonchev–Trinajstić information content (AvgIpc) is 2.86. The fraction of sp³-hybridized carbons (Fsp3) is 0.333. The van der Waals surface area contributed by atoms with Gasteiger partial charge in [-0.15, -0.1) is 0 Å². The van der Waals surface area contributed by atoms with Crippen molar-refractivity contribution in [2.45, 2.75) is 13.0 Å². The van der Waals surface area contributed by atoms with E-state index in [0.29, 0.717) is 6.54 Å². The number of likely N-dealkylation sites (N-methyl/N-ethyl adjacent to an activating group) is 1. The van der Waals surface area contributed by atoms with Crippen molar-refractivity contribution in [1.29, 1.82) is 0 Å². The van der Waals surface area contributed by atoms with E-state index in [1.807, 2.05) is 50.4 Å². The van der Waals surface area contributed by atoms with E-state index >= 15 is 0 Å². The van der Waals surface area contributed by atoms with Gasteiger partial charge in [-0.3, -0.25) is 0 Å². The van der Waals surface area contributed by atoms with Gasteiger partial charge in [0.1, 0.15) is 17.3 Å². The Labute approximate surface area is 113 Å². The number of rotatable bonds is 5. The molecule has 102 valence electrons. The lowest BCUT2D eigenvalue weighted by molar-refractivity contribution is 0.414. The Morgan fingerprint density at radius 3 is 2.68 bits per heavy atom. The summed E-state index contributed by atoms with van der Waals surface area (Å²) in [5.41, 5.74) is 6.94. The molecule has 4 nitrogen and oxygen atoms in total. The quantitative estimate of drug-likeness (QED) is 0.898. The predicted molar refractivity (Wildman–Crippen MR) is 76.6 cm³/mol. The predicted octanol–water partition coefficient (Wildman–Crippen LogP) is 2.73. The smallest absolute Gasteiger partial charge is 0.127 e. The summed E-state index contributed by atoms with van der Waals surface area (Å²) >= 11 is 0. The summed E-state index contributed by atoms with van der Waals surface area (Å²) < 4.78 is 10.9. The van der Waals surface area contributed by atoms with E-state index in [0.717, 1.165) is 23.0 Å². The van der Waals surface area contributed by atoms with Crippen LogP contribution in [0.5, 0.6) is 5.75 Å². The molecule has 1 aromatic heterocycles. The minimum Gasteiger partial charge on any atom is -0.497 e. The monoisotopic (exact) mass is 260 g/mol. The summed E-state index contributed by atoms with van der Waals surface area (Å²) in [7, 11) is 3.67. The molecule has 2 N–H and O–H groups in total. The molecular formula is C15H20N2O2. The second-order valence-corrected chi connectivity index (χ2v) is 4.51. The number of hydrogen-bond donors (Lipinski definition) is 1. The highest BCUT2D eigenvalue weighted by molar-refractivity contribution is 5.51. The van der Waals surface area contributed by atoms with Crippen LogP contribution in [-0.2, 0) is 0 Å². The van der Waals surface area contributed by atoms with Gasteiger partial charge in [0.05, 0.1) is 13.2 Å². The van der Waals surface area contributed by atoms with Gasteiger partial charge in [-0.05, 0) is 31.2 Å². The largest absolute Gasteiger partial charge is 0.497 e. The normalized spacial score (nSPS) is 12.2. The van der Waals surface area contributed by atoms with Gasteiger partial charge in [-0.2, -0.15) is 0 Å². The molecule has 4 heteroatoms. The van der Waals surface area contributed by atoms with Crippen LogP contribution in [0.1, 0.15) is 17.6 Å². The summed E-state index contributed by atoms with van der Waals surface area (Å²) in [5, 5.41) is 0. The van der Waals surface area contributed by atoms with Crippen molar-refractivity contribution in [3.63, 3.8) is 0 Å². The third-order valence-corrected chi connectivity index (χ3v) is 3.24. The van der Waals surface area contributed by atoms with Gasteiger partial charge in [-0.1, -0.05) is 6.07 Å². The first kappa shape index (κ1) is 13.5. The van der Waals surface area contributed by atoms with Gasteiger partial charge in [0, 0.05) is 25.3 Å². The average molecular weight is 260 g/mol. The molecule has 19 heavy (non-hydrogen) atoms. The minimum absolute atomic E-state index is 0.0146. The molecule has 0 aliphatic heterocycles. The van der Waals surface area contributed by atoms with Crippen molar-refractivity contribution in [1.82, 2.24) is 0 Å². The van der Waals surface area contributed by atoms with Crippen LogP contribution in [0.3, 0.4) is 0 Å². The van der Waals surface area contributed by atoms with Crippen molar-refractivity contribution >= 4 is 5.69 Å². The molecule has 0 aliphatic rings. The van der Waals surface area contributed by atoms with Gasteiger partial charge >= 0.3 is 0 Å². The highest BCUT2D eigenvalue weighted by atomic mass is 16.5. The fourth-order valence-corrected chi connectivity index (χ4v) is 2.11. The van der Waals surface area contributed by atoms with Gasteiger partial charge in [0.2, 0.25) is 0 Å². The van der Waals surface area contributed by atoms with Crippen LogP contribution in [0.25, 0.3) is 0 Å². The third kappa shape index (κ3) is 2.90. The van der Waals surface area contributed by atoms with E-state index < -0.39 is 0 Å². The van der Waals surface area contributed by atoms with Crippen LogP contribution >= 0.6 is 0 Å². The number of hydrogen-bond acceptors (Lipinski definition) is 4. The molecule has 0 saturated heterocycles. The summed E-state index contributed by atoms with van der Waals surface area (Å²) in [6.07, 6.45) is 0. The highest BCUT2D eigenvalue weighted by Gasteiger charge is 2.19. The SMILES string of the molecule is COc1cccc(N(C)C(CN)c2ccc(C)o2)c1. The van der Waals surface area contributed by atoms with E-state index in [4.69, 9.17) is 14.9 Å². The van der Waals surface area contributed by atoms with Crippen molar-refractivity contribution in [2.24, 2.45) is 5.73 Å². The maximum absolute atomic E-state index is 5.89. The summed E-state index contributed by atoms with van der Waals surface area (Å²) in [4.78, 5) is 2.10. The molecule has 0 amide bonds. The number of furan rings is 1. The first-order chi connectivity index (χ1) is 9.15. The van der Waals surface area contributed by atoms with Gasteiger partial charge in [0.15, 0.2) is 0 Å². The van der Waals surface area contributed by atoms with E-state index in [1.54, 1.807) is 7.11 Å². The number of nitrogens with zero attached hydrogens (tertiary/aromatic N) is 1. The molecule has 2 rings (SSSR count). The molecule has 0 radical (unpaired) electrons. The molecule has 2 aromatic rings. The molecule has 0 spiro atoms. The van der Waals surface area contributed by atoms with Crippen molar-refractivity contribution in [3.05, 3.63) is 47.9 Å². The van der Waals surface area contributed by atoms with Crippen LogP contribution in [0.2, 0.25) is 0 Å². The van der Waals surface area contributed by atoms with E-state index in [9.17, 15) is 0 Å². The number of benzene rings is 1. The number of anilines is 1. The van der Waals surface area contributed by atoms with Crippen LogP contribution in [0.15, 0.2) is 40.8 Å². The van der Waals surface area contributed by atoms with Crippen LogP contribution in [-0.4, -0.2) is 20.7 Å². The van der Waals surface area contributed by atoms with Crippen LogP contribution in [0.4, 0.5) is 5.69 Å². The maximum atomic E-state index is 5.89. The number of nitrogens with two attached hydrogens (primary N) is 1. The van der Waals surface area contributed by atoms with E-state index in [2.05, 4.69) is 4.90 Å². The Morgan fingerprint density at radius 2 is 2.11 bits per heavy atom. The Balaban J connectivity index is 2.27. The molecule has 1 heterocycles. The van der Waals surface area contributed by atoms with Crippen molar-refractivity contribution in [2.75, 3.05) is 25.6 Å². The molecule has 0 saturated carbocycles. The fourth-order valence-electron chi connectivity index (χ4n) is 2.11. The Hall–Kier alpha value is -1.94. The lowest BCUT2D eigenvalue weighted by atomic mass is 10.1. The summed E-state index contributed by atoms with van der Waals surface area (Å²) in [6.45, 7) is 2.42. The number of ether oxygens (including phenoxy) is 1.